The molecule has 0 spiro atoms. The van der Waals surface area contributed by atoms with Gasteiger partial charge in [-0.25, -0.2) is 4.79 Å². The minimum atomic E-state index is -0.416. The summed E-state index contributed by atoms with van der Waals surface area (Å²) < 4.78 is 5.27. The van der Waals surface area contributed by atoms with E-state index in [1.165, 1.54) is 25.7 Å². The van der Waals surface area contributed by atoms with Crippen LogP contribution in [0.2, 0.25) is 0 Å². The molecule has 2 N–H and O–H groups in total. The molecule has 2 saturated carbocycles. The number of ether oxygens (including phenoxy) is 1. The summed E-state index contributed by atoms with van der Waals surface area (Å²) in [6.07, 6.45) is 6.18. The fourth-order valence-electron chi connectivity index (χ4n) is 2.89. The predicted octanol–water partition coefficient (Wildman–Crippen LogP) is 3.07. The number of carbonyl (C=O) groups excluding carboxylic acids is 1. The number of amides is 1. The van der Waals surface area contributed by atoms with Crippen LogP contribution < -0.4 is 10.6 Å². The van der Waals surface area contributed by atoms with E-state index in [1.807, 2.05) is 20.8 Å². The van der Waals surface area contributed by atoms with Crippen LogP contribution in [-0.4, -0.2) is 30.3 Å². The fourth-order valence-corrected chi connectivity index (χ4v) is 2.89. The van der Waals surface area contributed by atoms with E-state index in [-0.39, 0.29) is 12.1 Å². The summed E-state index contributed by atoms with van der Waals surface area (Å²) in [6.45, 7) is 9.12. The Morgan fingerprint density at radius 3 is 2.40 bits per heavy atom. The first kappa shape index (κ1) is 15.6. The van der Waals surface area contributed by atoms with Crippen LogP contribution in [0.1, 0.15) is 59.8 Å². The van der Waals surface area contributed by atoms with Crippen molar-refractivity contribution >= 4 is 6.09 Å². The van der Waals surface area contributed by atoms with Crippen molar-refractivity contribution in [1.29, 1.82) is 0 Å². The second kappa shape index (κ2) is 6.33. The Morgan fingerprint density at radius 2 is 1.80 bits per heavy atom. The minimum Gasteiger partial charge on any atom is -0.444 e. The fraction of sp³-hybridized carbons (Fsp3) is 0.938. The maximum Gasteiger partial charge on any atom is 0.407 e. The summed E-state index contributed by atoms with van der Waals surface area (Å²) in [5, 5.41) is 6.52. The number of hydrogen-bond donors (Lipinski definition) is 2. The Labute approximate surface area is 123 Å². The molecule has 4 nitrogen and oxygen atoms in total. The van der Waals surface area contributed by atoms with E-state index in [9.17, 15) is 4.79 Å². The van der Waals surface area contributed by atoms with E-state index in [0.29, 0.717) is 6.04 Å². The average molecular weight is 282 g/mol. The maximum atomic E-state index is 11.6. The normalized spacial score (nSPS) is 33.6. The summed E-state index contributed by atoms with van der Waals surface area (Å²) in [7, 11) is 0. The van der Waals surface area contributed by atoms with Gasteiger partial charge >= 0.3 is 6.09 Å². The third-order valence-electron chi connectivity index (χ3n) is 4.30. The second-order valence-electron chi connectivity index (χ2n) is 7.63. The van der Waals surface area contributed by atoms with Crippen molar-refractivity contribution in [3.8, 4) is 0 Å². The maximum absolute atomic E-state index is 11.6. The Morgan fingerprint density at radius 1 is 1.15 bits per heavy atom. The highest BCUT2D eigenvalue weighted by Gasteiger charge is 2.39. The van der Waals surface area contributed by atoms with Gasteiger partial charge in [0, 0.05) is 12.1 Å². The lowest BCUT2D eigenvalue weighted by molar-refractivity contribution is 0.0522. The van der Waals surface area contributed by atoms with Gasteiger partial charge in [-0.3, -0.25) is 0 Å². The van der Waals surface area contributed by atoms with Gasteiger partial charge < -0.3 is 15.4 Å². The van der Waals surface area contributed by atoms with Gasteiger partial charge in [-0.05, 0) is 58.4 Å². The molecule has 0 heterocycles. The lowest BCUT2D eigenvalue weighted by Gasteiger charge is -2.26. The summed E-state index contributed by atoms with van der Waals surface area (Å²) in [5.74, 6) is 1.74. The third kappa shape index (κ3) is 5.31. The first-order valence-electron chi connectivity index (χ1n) is 8.06. The van der Waals surface area contributed by atoms with E-state index in [1.54, 1.807) is 0 Å². The molecule has 0 bridgehead atoms. The Kier molecular flexibility index (Phi) is 4.95. The molecule has 0 radical (unpaired) electrons. The van der Waals surface area contributed by atoms with Gasteiger partial charge in [-0.2, -0.15) is 0 Å². The Hall–Kier alpha value is -0.770. The zero-order chi connectivity index (χ0) is 14.8. The van der Waals surface area contributed by atoms with Gasteiger partial charge in [0.05, 0.1) is 0 Å². The van der Waals surface area contributed by atoms with E-state index in [0.717, 1.165) is 24.8 Å². The summed E-state index contributed by atoms with van der Waals surface area (Å²) in [4.78, 5) is 11.6. The zero-order valence-corrected chi connectivity index (χ0v) is 13.4. The van der Waals surface area contributed by atoms with Gasteiger partial charge in [-0.15, -0.1) is 0 Å². The van der Waals surface area contributed by atoms with Crippen LogP contribution in [0.25, 0.3) is 0 Å². The topological polar surface area (TPSA) is 50.4 Å². The van der Waals surface area contributed by atoms with Crippen LogP contribution in [-0.2, 0) is 4.74 Å². The molecule has 4 heteroatoms. The highest BCUT2D eigenvalue weighted by molar-refractivity contribution is 5.68. The van der Waals surface area contributed by atoms with Crippen molar-refractivity contribution in [2.45, 2.75) is 77.5 Å². The third-order valence-corrected chi connectivity index (χ3v) is 4.30. The van der Waals surface area contributed by atoms with Crippen LogP contribution in [0.15, 0.2) is 0 Å². The molecular weight excluding hydrogens is 252 g/mol. The second-order valence-corrected chi connectivity index (χ2v) is 7.63. The smallest absolute Gasteiger partial charge is 0.407 e. The Bertz CT molecular complexity index is 330. The van der Waals surface area contributed by atoms with Gasteiger partial charge in [0.25, 0.3) is 0 Å². The van der Waals surface area contributed by atoms with Crippen molar-refractivity contribution in [1.82, 2.24) is 10.6 Å². The number of alkyl carbamates (subject to hydrolysis) is 1. The molecule has 0 aromatic carbocycles. The molecule has 116 valence electrons. The summed E-state index contributed by atoms with van der Waals surface area (Å²) >= 11 is 0. The van der Waals surface area contributed by atoms with Crippen molar-refractivity contribution in [2.75, 3.05) is 6.54 Å². The van der Waals surface area contributed by atoms with Crippen LogP contribution in [0.4, 0.5) is 4.79 Å². The van der Waals surface area contributed by atoms with E-state index in [4.69, 9.17) is 4.74 Å². The van der Waals surface area contributed by atoms with Crippen molar-refractivity contribution in [3.63, 3.8) is 0 Å². The van der Waals surface area contributed by atoms with Crippen LogP contribution in [0, 0.1) is 11.8 Å². The SMILES string of the molecule is CC1CCC(CNC2CC2NC(=O)OC(C)(C)C)CC1. The molecule has 2 unspecified atom stereocenters. The molecule has 0 aromatic rings. The van der Waals surface area contributed by atoms with Gasteiger partial charge in [0.2, 0.25) is 0 Å². The molecule has 2 aliphatic rings. The highest BCUT2D eigenvalue weighted by Crippen LogP contribution is 2.29. The zero-order valence-electron chi connectivity index (χ0n) is 13.4. The van der Waals surface area contributed by atoms with Crippen molar-refractivity contribution < 1.29 is 9.53 Å². The number of carbonyl (C=O) groups is 1. The molecular formula is C16H30N2O2. The van der Waals surface area contributed by atoms with Gasteiger partial charge in [0.15, 0.2) is 0 Å². The van der Waals surface area contributed by atoms with E-state index in [2.05, 4.69) is 17.6 Å². The summed E-state index contributed by atoms with van der Waals surface area (Å²) in [5.41, 5.74) is -0.416. The van der Waals surface area contributed by atoms with Crippen molar-refractivity contribution in [2.24, 2.45) is 11.8 Å². The molecule has 1 amide bonds. The van der Waals surface area contributed by atoms with E-state index >= 15 is 0 Å². The van der Waals surface area contributed by atoms with Gasteiger partial charge in [-0.1, -0.05) is 19.8 Å². The molecule has 0 aliphatic heterocycles. The molecule has 0 saturated heterocycles. The summed E-state index contributed by atoms with van der Waals surface area (Å²) in [6, 6.07) is 0.703. The minimum absolute atomic E-state index is 0.257. The molecule has 2 aliphatic carbocycles. The quantitative estimate of drug-likeness (QED) is 0.833. The average Bonchev–Trinajstić information content (AvgIpc) is 3.04. The number of nitrogens with one attached hydrogen (secondary N) is 2. The van der Waals surface area contributed by atoms with Crippen LogP contribution in [0.5, 0.6) is 0 Å². The predicted molar refractivity (Wildman–Crippen MR) is 80.7 cm³/mol. The molecule has 0 aromatic heterocycles. The van der Waals surface area contributed by atoms with Crippen LogP contribution >= 0.6 is 0 Å². The van der Waals surface area contributed by atoms with E-state index < -0.39 is 5.60 Å². The largest absolute Gasteiger partial charge is 0.444 e. The lowest BCUT2D eigenvalue weighted by atomic mass is 9.83. The van der Waals surface area contributed by atoms with Crippen molar-refractivity contribution in [3.05, 3.63) is 0 Å². The molecule has 2 atom stereocenters. The molecule has 2 fully saturated rings. The highest BCUT2D eigenvalue weighted by atomic mass is 16.6. The molecule has 2 rings (SSSR count). The standard InChI is InChI=1S/C16H30N2O2/c1-11-5-7-12(8-6-11)10-17-13-9-14(13)18-15(19)20-16(2,3)4/h11-14,17H,5-10H2,1-4H3,(H,18,19). The molecule has 20 heavy (non-hydrogen) atoms. The first-order valence-corrected chi connectivity index (χ1v) is 8.06. The number of rotatable bonds is 4. The Balaban J connectivity index is 1.58. The number of hydrogen-bond acceptors (Lipinski definition) is 3. The van der Waals surface area contributed by atoms with Crippen LogP contribution in [0.3, 0.4) is 0 Å². The first-order chi connectivity index (χ1) is 9.33. The monoisotopic (exact) mass is 282 g/mol. The van der Waals surface area contributed by atoms with Gasteiger partial charge in [0.1, 0.15) is 5.60 Å². The lowest BCUT2D eigenvalue weighted by Crippen LogP contribution is -2.37.